The first-order valence-corrected chi connectivity index (χ1v) is 7.83. The van der Waals surface area contributed by atoms with Crippen LogP contribution in [0.3, 0.4) is 0 Å². The Bertz CT molecular complexity index is 873. The van der Waals surface area contributed by atoms with Gasteiger partial charge >= 0.3 is 6.18 Å². The predicted octanol–water partition coefficient (Wildman–Crippen LogP) is 3.48. The molecule has 3 rings (SSSR count). The second-order valence-corrected chi connectivity index (χ2v) is 5.95. The second-order valence-electron chi connectivity index (χ2n) is 5.95. The number of aliphatic hydroxyl groups is 1. The van der Waals surface area contributed by atoms with Crippen molar-refractivity contribution < 1.29 is 18.3 Å². The van der Waals surface area contributed by atoms with Gasteiger partial charge < -0.3 is 14.8 Å². The third-order valence-electron chi connectivity index (χ3n) is 3.99. The Morgan fingerprint density at radius 3 is 2.80 bits per heavy atom. The number of imidazole rings is 1. The van der Waals surface area contributed by atoms with Crippen molar-refractivity contribution in [2.24, 2.45) is 0 Å². The maximum absolute atomic E-state index is 12.7. The molecule has 0 amide bonds. The number of halogens is 3. The van der Waals surface area contributed by atoms with Crippen molar-refractivity contribution in [2.45, 2.75) is 25.7 Å². The Balaban J connectivity index is 1.63. The number of hydrogen-bond donors (Lipinski definition) is 2. The summed E-state index contributed by atoms with van der Waals surface area (Å²) >= 11 is 0. The van der Waals surface area contributed by atoms with Crippen molar-refractivity contribution in [3.8, 4) is 0 Å². The number of pyridine rings is 1. The molecule has 0 aliphatic rings. The first-order chi connectivity index (χ1) is 11.8. The van der Waals surface area contributed by atoms with E-state index in [9.17, 15) is 18.3 Å². The summed E-state index contributed by atoms with van der Waals surface area (Å²) in [5, 5.41) is 13.2. The molecule has 132 valence electrons. The van der Waals surface area contributed by atoms with Gasteiger partial charge in [0, 0.05) is 19.3 Å². The third-order valence-corrected chi connectivity index (χ3v) is 3.99. The lowest BCUT2D eigenvalue weighted by Crippen LogP contribution is -2.22. The summed E-state index contributed by atoms with van der Waals surface area (Å²) in [4.78, 5) is 4.31. The highest BCUT2D eigenvalue weighted by atomic mass is 19.4. The van der Waals surface area contributed by atoms with E-state index in [-0.39, 0.29) is 12.1 Å². The van der Waals surface area contributed by atoms with Crippen LogP contribution in [0.4, 0.5) is 13.2 Å². The number of nitrogens with zero attached hydrogens (tertiary/aromatic N) is 2. The maximum atomic E-state index is 12.7. The van der Waals surface area contributed by atoms with Gasteiger partial charge in [-0.25, -0.2) is 4.98 Å². The van der Waals surface area contributed by atoms with Crippen molar-refractivity contribution in [3.63, 3.8) is 0 Å². The molecule has 2 heterocycles. The zero-order valence-electron chi connectivity index (χ0n) is 13.6. The van der Waals surface area contributed by atoms with E-state index in [1.165, 1.54) is 12.1 Å². The molecular formula is C18H18F3N3O. The zero-order valence-corrected chi connectivity index (χ0v) is 13.6. The molecule has 0 aliphatic carbocycles. The molecule has 0 bridgehead atoms. The molecule has 0 fully saturated rings. The molecule has 4 nitrogen and oxygen atoms in total. The Labute approximate surface area is 142 Å². The van der Waals surface area contributed by atoms with Crippen LogP contribution in [-0.4, -0.2) is 21.0 Å². The molecule has 25 heavy (non-hydrogen) atoms. The molecular weight excluding hydrogens is 331 g/mol. The van der Waals surface area contributed by atoms with E-state index < -0.39 is 17.8 Å². The van der Waals surface area contributed by atoms with Gasteiger partial charge in [0.2, 0.25) is 0 Å². The number of hydrogen-bond acceptors (Lipinski definition) is 3. The summed E-state index contributed by atoms with van der Waals surface area (Å²) in [6.07, 6.45) is -1.79. The monoisotopic (exact) mass is 349 g/mol. The lowest BCUT2D eigenvalue weighted by molar-refractivity contribution is -0.137. The lowest BCUT2D eigenvalue weighted by Gasteiger charge is -2.14. The molecule has 1 unspecified atom stereocenters. The number of aryl methyl sites for hydroxylation is 1. The van der Waals surface area contributed by atoms with Gasteiger partial charge in [-0.15, -0.1) is 0 Å². The van der Waals surface area contributed by atoms with Gasteiger partial charge in [0.05, 0.1) is 23.6 Å². The number of aliphatic hydroxyl groups excluding tert-OH is 1. The van der Waals surface area contributed by atoms with Crippen LogP contribution in [0.5, 0.6) is 0 Å². The van der Waals surface area contributed by atoms with Crippen LogP contribution < -0.4 is 5.32 Å². The van der Waals surface area contributed by atoms with Crippen molar-refractivity contribution >= 4 is 5.65 Å². The van der Waals surface area contributed by atoms with Crippen molar-refractivity contribution in [2.75, 3.05) is 6.54 Å². The van der Waals surface area contributed by atoms with Crippen LogP contribution in [0, 0.1) is 6.92 Å². The SMILES string of the molecule is Cc1ccn2c(CNCC(O)c3cccc(C(F)(F)F)c3)cnc2c1. The molecule has 2 aromatic heterocycles. The van der Waals surface area contributed by atoms with E-state index in [2.05, 4.69) is 10.3 Å². The number of rotatable bonds is 5. The number of fused-ring (bicyclic) bond motifs is 1. The molecule has 1 atom stereocenters. The average molecular weight is 349 g/mol. The summed E-state index contributed by atoms with van der Waals surface area (Å²) in [6.45, 7) is 2.57. The molecule has 0 saturated heterocycles. The van der Waals surface area contributed by atoms with E-state index in [4.69, 9.17) is 0 Å². The van der Waals surface area contributed by atoms with E-state index >= 15 is 0 Å². The maximum Gasteiger partial charge on any atom is 0.416 e. The number of benzene rings is 1. The van der Waals surface area contributed by atoms with E-state index in [0.717, 1.165) is 29.0 Å². The Morgan fingerprint density at radius 2 is 2.04 bits per heavy atom. The minimum atomic E-state index is -4.42. The Kier molecular flexibility index (Phi) is 4.78. The standard InChI is InChI=1S/C18H18F3N3O/c1-12-5-6-24-15(10-23-17(24)7-12)9-22-11-16(25)13-3-2-4-14(8-13)18(19,20)21/h2-8,10,16,22,25H,9,11H2,1H3. The second kappa shape index (κ2) is 6.85. The van der Waals surface area contributed by atoms with Crippen LogP contribution >= 0.6 is 0 Å². The Morgan fingerprint density at radius 1 is 1.24 bits per heavy atom. The van der Waals surface area contributed by atoms with Crippen molar-refractivity contribution in [1.29, 1.82) is 0 Å². The number of nitrogens with one attached hydrogen (secondary N) is 1. The number of aromatic nitrogens is 2. The third kappa shape index (κ3) is 4.00. The molecule has 0 aliphatic heterocycles. The van der Waals surface area contributed by atoms with E-state index in [1.807, 2.05) is 29.7 Å². The molecule has 0 radical (unpaired) electrons. The molecule has 2 N–H and O–H groups in total. The minimum Gasteiger partial charge on any atom is -0.387 e. The average Bonchev–Trinajstić information content (AvgIpc) is 2.96. The zero-order chi connectivity index (χ0) is 18.0. The summed E-state index contributed by atoms with van der Waals surface area (Å²) in [7, 11) is 0. The van der Waals surface area contributed by atoms with Gasteiger partial charge in [0.25, 0.3) is 0 Å². The molecule has 3 aromatic rings. The molecule has 1 aromatic carbocycles. The fourth-order valence-electron chi connectivity index (χ4n) is 2.64. The summed E-state index contributed by atoms with van der Waals surface area (Å²) in [6, 6.07) is 8.68. The van der Waals surface area contributed by atoms with Gasteiger partial charge in [0.15, 0.2) is 0 Å². The van der Waals surface area contributed by atoms with Gasteiger partial charge in [-0.2, -0.15) is 13.2 Å². The number of alkyl halides is 3. The lowest BCUT2D eigenvalue weighted by atomic mass is 10.1. The Hall–Kier alpha value is -2.38. The molecule has 0 spiro atoms. The van der Waals surface area contributed by atoms with Crippen molar-refractivity contribution in [3.05, 3.63) is 71.2 Å². The summed E-state index contributed by atoms with van der Waals surface area (Å²) < 4.78 is 40.1. The van der Waals surface area contributed by atoms with Crippen molar-refractivity contribution in [1.82, 2.24) is 14.7 Å². The summed E-state index contributed by atoms with van der Waals surface area (Å²) in [5.74, 6) is 0. The van der Waals surface area contributed by atoms with Crippen LogP contribution in [0.15, 0.2) is 48.8 Å². The fourth-order valence-corrected chi connectivity index (χ4v) is 2.64. The van der Waals surface area contributed by atoms with E-state index in [1.54, 1.807) is 6.20 Å². The van der Waals surface area contributed by atoms with Crippen LogP contribution in [0.1, 0.15) is 28.5 Å². The topological polar surface area (TPSA) is 49.6 Å². The quantitative estimate of drug-likeness (QED) is 0.741. The predicted molar refractivity (Wildman–Crippen MR) is 88.0 cm³/mol. The van der Waals surface area contributed by atoms with Crippen LogP contribution in [0.2, 0.25) is 0 Å². The molecule has 0 saturated carbocycles. The minimum absolute atomic E-state index is 0.139. The van der Waals surface area contributed by atoms with Gasteiger partial charge in [0.1, 0.15) is 5.65 Å². The van der Waals surface area contributed by atoms with Crippen LogP contribution in [-0.2, 0) is 12.7 Å². The summed E-state index contributed by atoms with van der Waals surface area (Å²) in [5.41, 5.74) is 2.32. The van der Waals surface area contributed by atoms with Gasteiger partial charge in [-0.1, -0.05) is 12.1 Å². The normalized spacial score (nSPS) is 13.3. The molecule has 7 heteroatoms. The van der Waals surface area contributed by atoms with Crippen LogP contribution in [0.25, 0.3) is 5.65 Å². The van der Waals surface area contributed by atoms with E-state index in [0.29, 0.717) is 6.54 Å². The first-order valence-electron chi connectivity index (χ1n) is 7.83. The highest BCUT2D eigenvalue weighted by Crippen LogP contribution is 2.30. The largest absolute Gasteiger partial charge is 0.416 e. The smallest absolute Gasteiger partial charge is 0.387 e. The van der Waals surface area contributed by atoms with Gasteiger partial charge in [-0.05, 0) is 42.3 Å². The highest BCUT2D eigenvalue weighted by molar-refractivity contribution is 5.42. The first kappa shape index (κ1) is 17.4. The van der Waals surface area contributed by atoms with Gasteiger partial charge in [-0.3, -0.25) is 0 Å². The fraction of sp³-hybridized carbons (Fsp3) is 0.278. The highest BCUT2D eigenvalue weighted by Gasteiger charge is 2.30.